The lowest BCUT2D eigenvalue weighted by Gasteiger charge is -2.41. The number of carbonyl (C=O) groups is 3. The van der Waals surface area contributed by atoms with Crippen molar-refractivity contribution in [3.8, 4) is 0 Å². The Morgan fingerprint density at radius 3 is 1.73 bits per heavy atom. The molecule has 22 heavy (non-hydrogen) atoms. The van der Waals surface area contributed by atoms with Gasteiger partial charge in [0.1, 0.15) is 0 Å². The highest BCUT2D eigenvalue weighted by Gasteiger charge is 2.52. The molecule has 0 aliphatic carbocycles. The highest BCUT2D eigenvalue weighted by Crippen LogP contribution is 2.37. The summed E-state index contributed by atoms with van der Waals surface area (Å²) >= 11 is 0. The van der Waals surface area contributed by atoms with Gasteiger partial charge in [-0.1, -0.05) is 6.92 Å². The second kappa shape index (κ2) is 7.73. The quantitative estimate of drug-likeness (QED) is 0.626. The van der Waals surface area contributed by atoms with Gasteiger partial charge in [-0.15, -0.1) is 0 Å². The third-order valence-electron chi connectivity index (χ3n) is 3.65. The van der Waals surface area contributed by atoms with Crippen LogP contribution in [0.1, 0.15) is 47.0 Å². The van der Waals surface area contributed by atoms with Crippen LogP contribution in [0, 0.1) is 5.41 Å². The molecule has 0 N–H and O–H groups in total. The Morgan fingerprint density at radius 1 is 1.00 bits per heavy atom. The molecule has 1 aliphatic rings. The molecule has 0 unspecified atom stereocenters. The van der Waals surface area contributed by atoms with Crippen molar-refractivity contribution in [3.63, 3.8) is 0 Å². The molecule has 7 nitrogen and oxygen atoms in total. The second-order valence-corrected chi connectivity index (χ2v) is 8.14. The molecule has 1 fully saturated rings. The number of ether oxygens (including phenoxy) is 1. The predicted molar refractivity (Wildman–Crippen MR) is 78.6 cm³/mol. The second-order valence-electron chi connectivity index (χ2n) is 5.66. The van der Waals surface area contributed by atoms with E-state index in [0.717, 1.165) is 12.8 Å². The molecular weight excluding hydrogens is 308 g/mol. The zero-order chi connectivity index (χ0) is 16.8. The first-order valence-corrected chi connectivity index (χ1v) is 9.32. The van der Waals surface area contributed by atoms with Gasteiger partial charge >= 0.3 is 8.80 Å². The van der Waals surface area contributed by atoms with Crippen molar-refractivity contribution in [2.24, 2.45) is 5.41 Å². The maximum atomic E-state index is 11.3. The molecule has 0 atom stereocenters. The average Bonchev–Trinajstić information content (AvgIpc) is 2.29. The first-order valence-electron chi connectivity index (χ1n) is 7.39. The largest absolute Gasteiger partial charge is 0.705 e. The summed E-state index contributed by atoms with van der Waals surface area (Å²) in [6.07, 6.45) is 2.44. The van der Waals surface area contributed by atoms with Crippen LogP contribution in [-0.4, -0.2) is 39.9 Å². The Hall–Kier alpha value is -1.41. The van der Waals surface area contributed by atoms with Gasteiger partial charge in [0.2, 0.25) is 0 Å². The van der Waals surface area contributed by atoms with Crippen LogP contribution in [-0.2, 0) is 32.4 Å². The minimum atomic E-state index is -3.68. The molecule has 0 saturated carbocycles. The van der Waals surface area contributed by atoms with Gasteiger partial charge in [0.25, 0.3) is 17.9 Å². The highest BCUT2D eigenvalue weighted by molar-refractivity contribution is 6.65. The van der Waals surface area contributed by atoms with Crippen LogP contribution in [0.4, 0.5) is 0 Å². The fourth-order valence-electron chi connectivity index (χ4n) is 2.47. The van der Waals surface area contributed by atoms with Crippen molar-refractivity contribution in [1.29, 1.82) is 0 Å². The molecule has 1 saturated heterocycles. The van der Waals surface area contributed by atoms with Crippen molar-refractivity contribution in [2.45, 2.75) is 53.0 Å². The predicted octanol–water partition coefficient (Wildman–Crippen LogP) is 1.82. The van der Waals surface area contributed by atoms with Crippen LogP contribution in [0.15, 0.2) is 0 Å². The normalized spacial score (nSPS) is 16.4. The van der Waals surface area contributed by atoms with E-state index in [-0.39, 0.29) is 11.5 Å². The lowest BCUT2D eigenvalue weighted by Crippen LogP contribution is -2.50. The number of hydrogen-bond acceptors (Lipinski definition) is 7. The van der Waals surface area contributed by atoms with Crippen LogP contribution in [0.25, 0.3) is 0 Å². The summed E-state index contributed by atoms with van der Waals surface area (Å²) in [5.41, 5.74) is 0.128. The Balaban J connectivity index is 2.75. The van der Waals surface area contributed by atoms with E-state index in [1.54, 1.807) is 0 Å². The van der Waals surface area contributed by atoms with Crippen molar-refractivity contribution in [1.82, 2.24) is 0 Å². The van der Waals surface area contributed by atoms with E-state index >= 15 is 0 Å². The van der Waals surface area contributed by atoms with Gasteiger partial charge in [0, 0.05) is 26.2 Å². The van der Waals surface area contributed by atoms with E-state index in [4.69, 9.17) is 18.0 Å². The topological polar surface area (TPSA) is 88.1 Å². The van der Waals surface area contributed by atoms with Crippen molar-refractivity contribution < 1.29 is 32.4 Å². The molecule has 0 amide bonds. The first-order chi connectivity index (χ1) is 10.2. The standard InChI is InChI=1S/C14H24O7Si/c1-5-14(9-18-10-14)7-6-8-22(19-11(2)15,20-12(3)16)21-13(4)17/h5-10H2,1-4H3. The maximum Gasteiger partial charge on any atom is 0.705 e. The summed E-state index contributed by atoms with van der Waals surface area (Å²) in [6, 6.07) is 0.230. The van der Waals surface area contributed by atoms with Gasteiger partial charge in [-0.05, 0) is 19.3 Å². The van der Waals surface area contributed by atoms with E-state index in [9.17, 15) is 14.4 Å². The minimum absolute atomic E-state index is 0.128. The number of carbonyl (C=O) groups excluding carboxylic acids is 3. The summed E-state index contributed by atoms with van der Waals surface area (Å²) in [4.78, 5) is 33.9. The number of hydrogen-bond donors (Lipinski definition) is 0. The average molecular weight is 332 g/mol. The van der Waals surface area contributed by atoms with Gasteiger partial charge in [-0.25, -0.2) is 0 Å². The Morgan fingerprint density at radius 2 is 1.45 bits per heavy atom. The first kappa shape index (κ1) is 18.6. The third-order valence-corrected chi connectivity index (χ3v) is 6.42. The molecule has 8 heteroatoms. The molecule has 1 aliphatic heterocycles. The Kier molecular flexibility index (Phi) is 6.55. The summed E-state index contributed by atoms with van der Waals surface area (Å²) in [5, 5.41) is 0. The Bertz CT molecular complexity index is 385. The van der Waals surface area contributed by atoms with Gasteiger partial charge in [0.15, 0.2) is 0 Å². The molecule has 126 valence electrons. The van der Waals surface area contributed by atoms with Gasteiger partial charge < -0.3 is 18.0 Å². The molecule has 0 bridgehead atoms. The molecule has 0 aromatic carbocycles. The van der Waals surface area contributed by atoms with E-state index < -0.39 is 26.7 Å². The Labute approximate surface area is 131 Å². The summed E-state index contributed by atoms with van der Waals surface area (Å²) in [7, 11) is -3.68. The van der Waals surface area contributed by atoms with Gasteiger partial charge in [-0.3, -0.25) is 14.4 Å². The zero-order valence-corrected chi connectivity index (χ0v) is 14.6. The monoisotopic (exact) mass is 332 g/mol. The zero-order valence-electron chi connectivity index (χ0n) is 13.6. The molecule has 0 aromatic rings. The lowest BCUT2D eigenvalue weighted by atomic mass is 9.79. The third kappa shape index (κ3) is 5.41. The fourth-order valence-corrected chi connectivity index (χ4v) is 4.82. The molecule has 1 rings (SSSR count). The van der Waals surface area contributed by atoms with Gasteiger partial charge in [0.05, 0.1) is 19.3 Å². The van der Waals surface area contributed by atoms with E-state index in [2.05, 4.69) is 6.92 Å². The summed E-state index contributed by atoms with van der Waals surface area (Å²) in [6.45, 7) is 7.09. The fraction of sp³-hybridized carbons (Fsp3) is 0.786. The molecule has 1 heterocycles. The molecule has 0 spiro atoms. The van der Waals surface area contributed by atoms with Crippen LogP contribution in [0.2, 0.25) is 6.04 Å². The van der Waals surface area contributed by atoms with Crippen LogP contribution in [0.3, 0.4) is 0 Å². The smallest absolute Gasteiger partial charge is 0.455 e. The molecular formula is C14H24O7Si. The van der Waals surface area contributed by atoms with Crippen molar-refractivity contribution in [2.75, 3.05) is 13.2 Å². The number of rotatable bonds is 8. The summed E-state index contributed by atoms with van der Waals surface area (Å²) < 4.78 is 20.7. The maximum absolute atomic E-state index is 11.3. The van der Waals surface area contributed by atoms with Crippen molar-refractivity contribution in [3.05, 3.63) is 0 Å². The van der Waals surface area contributed by atoms with E-state index in [0.29, 0.717) is 19.6 Å². The van der Waals surface area contributed by atoms with E-state index in [1.165, 1.54) is 20.8 Å². The summed E-state index contributed by atoms with van der Waals surface area (Å²) in [5.74, 6) is -1.90. The molecule has 0 radical (unpaired) electrons. The lowest BCUT2D eigenvalue weighted by molar-refractivity contribution is -0.148. The SMILES string of the molecule is CCC1(CCC[Si](OC(C)=O)(OC(C)=O)OC(C)=O)COC1. The van der Waals surface area contributed by atoms with E-state index in [1.807, 2.05) is 0 Å². The van der Waals surface area contributed by atoms with Crippen LogP contribution >= 0.6 is 0 Å². The minimum Gasteiger partial charge on any atom is -0.455 e. The molecule has 0 aromatic heterocycles. The highest BCUT2D eigenvalue weighted by atomic mass is 28.4. The van der Waals surface area contributed by atoms with Crippen molar-refractivity contribution >= 4 is 26.7 Å². The van der Waals surface area contributed by atoms with Gasteiger partial charge in [-0.2, -0.15) is 0 Å². The van der Waals surface area contributed by atoms with Crippen LogP contribution in [0.5, 0.6) is 0 Å². The van der Waals surface area contributed by atoms with Crippen LogP contribution < -0.4 is 0 Å².